The minimum absolute atomic E-state index is 0.0657. The summed E-state index contributed by atoms with van der Waals surface area (Å²) >= 11 is 1.52. The van der Waals surface area contributed by atoms with Crippen LogP contribution in [0.1, 0.15) is 25.3 Å². The molecule has 5 nitrogen and oxygen atoms in total. The van der Waals surface area contributed by atoms with Crippen molar-refractivity contribution in [3.05, 3.63) is 29.8 Å². The van der Waals surface area contributed by atoms with Gasteiger partial charge < -0.3 is 4.90 Å². The van der Waals surface area contributed by atoms with Crippen molar-refractivity contribution in [2.24, 2.45) is 0 Å². The van der Waals surface area contributed by atoms with Crippen LogP contribution in [0.4, 0.5) is 0 Å². The molecule has 1 fully saturated rings. The number of benzene rings is 1. The van der Waals surface area contributed by atoms with E-state index in [-0.39, 0.29) is 17.7 Å². The second kappa shape index (κ2) is 8.17. The van der Waals surface area contributed by atoms with Gasteiger partial charge in [0.1, 0.15) is 0 Å². The van der Waals surface area contributed by atoms with E-state index in [1.807, 2.05) is 31.2 Å². The number of nitrogens with zero attached hydrogens (tertiary/aromatic N) is 1. The van der Waals surface area contributed by atoms with Crippen LogP contribution in [-0.4, -0.2) is 49.9 Å². The number of rotatable bonds is 6. The lowest BCUT2D eigenvalue weighted by molar-refractivity contribution is -0.129. The van der Waals surface area contributed by atoms with Crippen molar-refractivity contribution in [2.45, 2.75) is 37.6 Å². The Hall–Kier alpha value is -1.05. The molecule has 0 aromatic heterocycles. The molecule has 128 valence electrons. The van der Waals surface area contributed by atoms with Gasteiger partial charge >= 0.3 is 0 Å². The first kappa shape index (κ1) is 18.3. The van der Waals surface area contributed by atoms with Crippen LogP contribution in [0.25, 0.3) is 0 Å². The zero-order valence-corrected chi connectivity index (χ0v) is 15.3. The predicted molar refractivity (Wildman–Crippen MR) is 94.1 cm³/mol. The highest BCUT2D eigenvalue weighted by Crippen LogP contribution is 2.20. The molecule has 0 radical (unpaired) electrons. The average Bonchev–Trinajstić information content (AvgIpc) is 2.54. The average molecular weight is 357 g/mol. The number of thioether (sulfide) groups is 1. The number of carbonyl (C=O) groups is 1. The van der Waals surface area contributed by atoms with Gasteiger partial charge in [0, 0.05) is 24.0 Å². The fraction of sp³-hybridized carbons (Fsp3) is 0.562. The maximum Gasteiger partial charge on any atom is 0.232 e. The molecule has 1 aromatic carbocycles. The van der Waals surface area contributed by atoms with Crippen molar-refractivity contribution >= 4 is 27.7 Å². The molecule has 1 saturated heterocycles. The van der Waals surface area contributed by atoms with Gasteiger partial charge in [-0.2, -0.15) is 0 Å². The van der Waals surface area contributed by atoms with Gasteiger partial charge in [-0.3, -0.25) is 4.79 Å². The van der Waals surface area contributed by atoms with Gasteiger partial charge in [0.05, 0.1) is 11.5 Å². The lowest BCUT2D eigenvalue weighted by Crippen LogP contribution is -2.50. The van der Waals surface area contributed by atoms with E-state index in [1.165, 1.54) is 17.3 Å². The standard InChI is InChI=1S/C16H24N2O3S2/c1-3-23(20,21)17-14-5-4-10-18(11-14)16(19)12-22-15-8-6-13(2)7-9-15/h6-9,14,17H,3-5,10-12H2,1-2H3/t14-/m1/s1. The Balaban J connectivity index is 1.85. The van der Waals surface area contributed by atoms with Crippen molar-refractivity contribution in [2.75, 3.05) is 24.6 Å². The van der Waals surface area contributed by atoms with Crippen molar-refractivity contribution in [3.63, 3.8) is 0 Å². The summed E-state index contributed by atoms with van der Waals surface area (Å²) in [7, 11) is -3.22. The molecule has 1 atom stereocenters. The van der Waals surface area contributed by atoms with E-state index in [0.29, 0.717) is 18.8 Å². The van der Waals surface area contributed by atoms with Gasteiger partial charge in [0.15, 0.2) is 0 Å². The van der Waals surface area contributed by atoms with E-state index in [1.54, 1.807) is 11.8 Å². The summed E-state index contributed by atoms with van der Waals surface area (Å²) in [5, 5.41) is 0. The molecule has 0 bridgehead atoms. The number of likely N-dealkylation sites (tertiary alicyclic amines) is 1. The molecular formula is C16H24N2O3S2. The molecule has 1 heterocycles. The smallest absolute Gasteiger partial charge is 0.232 e. The summed E-state index contributed by atoms with van der Waals surface area (Å²) < 4.78 is 26.0. The minimum Gasteiger partial charge on any atom is -0.340 e. The summed E-state index contributed by atoms with van der Waals surface area (Å²) in [6, 6.07) is 7.93. The van der Waals surface area contributed by atoms with Crippen LogP contribution in [0.15, 0.2) is 29.2 Å². The van der Waals surface area contributed by atoms with Crippen molar-refractivity contribution in [3.8, 4) is 0 Å². The number of aryl methyl sites for hydroxylation is 1. The fourth-order valence-electron chi connectivity index (χ4n) is 2.51. The van der Waals surface area contributed by atoms with E-state index in [2.05, 4.69) is 4.72 Å². The molecule has 2 rings (SSSR count). The van der Waals surface area contributed by atoms with Crippen molar-refractivity contribution < 1.29 is 13.2 Å². The third kappa shape index (κ3) is 5.82. The number of piperidine rings is 1. The van der Waals surface area contributed by atoms with E-state index in [9.17, 15) is 13.2 Å². The number of nitrogens with one attached hydrogen (secondary N) is 1. The molecule has 0 spiro atoms. The maximum atomic E-state index is 12.3. The highest BCUT2D eigenvalue weighted by atomic mass is 32.2. The topological polar surface area (TPSA) is 66.5 Å². The monoisotopic (exact) mass is 356 g/mol. The summed E-state index contributed by atoms with van der Waals surface area (Å²) in [5.41, 5.74) is 1.20. The molecule has 0 saturated carbocycles. The second-order valence-electron chi connectivity index (χ2n) is 5.80. The van der Waals surface area contributed by atoms with Crippen LogP contribution in [0.5, 0.6) is 0 Å². The maximum absolute atomic E-state index is 12.3. The van der Waals surface area contributed by atoms with Gasteiger partial charge in [-0.1, -0.05) is 17.7 Å². The molecule has 1 N–H and O–H groups in total. The molecule has 0 unspecified atom stereocenters. The Morgan fingerprint density at radius 1 is 1.35 bits per heavy atom. The van der Waals surface area contributed by atoms with Crippen LogP contribution in [0, 0.1) is 6.92 Å². The van der Waals surface area contributed by atoms with Crippen molar-refractivity contribution in [1.29, 1.82) is 0 Å². The Bertz CT molecular complexity index is 629. The third-order valence-corrected chi connectivity index (χ3v) is 6.33. The first-order valence-electron chi connectivity index (χ1n) is 7.87. The largest absolute Gasteiger partial charge is 0.340 e. The van der Waals surface area contributed by atoms with Crippen LogP contribution >= 0.6 is 11.8 Å². The van der Waals surface area contributed by atoms with Crippen LogP contribution in [0.2, 0.25) is 0 Å². The molecule has 0 aliphatic carbocycles. The van der Waals surface area contributed by atoms with Gasteiger partial charge in [-0.15, -0.1) is 11.8 Å². The number of hydrogen-bond donors (Lipinski definition) is 1. The Morgan fingerprint density at radius 3 is 2.70 bits per heavy atom. The molecule has 1 aliphatic heterocycles. The molecular weight excluding hydrogens is 332 g/mol. The first-order valence-corrected chi connectivity index (χ1v) is 10.5. The van der Waals surface area contributed by atoms with Crippen molar-refractivity contribution in [1.82, 2.24) is 9.62 Å². The number of amides is 1. The minimum atomic E-state index is -3.22. The van der Waals surface area contributed by atoms with E-state index < -0.39 is 10.0 Å². The highest BCUT2D eigenvalue weighted by molar-refractivity contribution is 8.00. The second-order valence-corrected chi connectivity index (χ2v) is 8.89. The molecule has 1 aromatic rings. The predicted octanol–water partition coefficient (Wildman–Crippen LogP) is 2.02. The third-order valence-electron chi connectivity index (χ3n) is 3.88. The van der Waals surface area contributed by atoms with Gasteiger partial charge in [-0.05, 0) is 38.8 Å². The summed E-state index contributed by atoms with van der Waals surface area (Å²) in [4.78, 5) is 15.2. The summed E-state index contributed by atoms with van der Waals surface area (Å²) in [6.45, 7) is 4.82. The van der Waals surface area contributed by atoms with E-state index in [4.69, 9.17) is 0 Å². The fourth-order valence-corrected chi connectivity index (χ4v) is 4.18. The van der Waals surface area contributed by atoms with Gasteiger partial charge in [0.2, 0.25) is 15.9 Å². The van der Waals surface area contributed by atoms with Gasteiger partial charge in [-0.25, -0.2) is 13.1 Å². The molecule has 7 heteroatoms. The Labute approximate surface area is 142 Å². The number of sulfonamides is 1. The van der Waals surface area contributed by atoms with Gasteiger partial charge in [0.25, 0.3) is 0 Å². The molecule has 1 aliphatic rings. The zero-order valence-electron chi connectivity index (χ0n) is 13.6. The van der Waals surface area contributed by atoms with Crippen LogP contribution in [0.3, 0.4) is 0 Å². The lowest BCUT2D eigenvalue weighted by atomic mass is 10.1. The summed E-state index contributed by atoms with van der Waals surface area (Å²) in [6.07, 6.45) is 1.62. The van der Waals surface area contributed by atoms with Crippen LogP contribution in [-0.2, 0) is 14.8 Å². The molecule has 23 heavy (non-hydrogen) atoms. The van der Waals surface area contributed by atoms with Crippen LogP contribution < -0.4 is 4.72 Å². The molecule has 1 amide bonds. The van der Waals surface area contributed by atoms with E-state index >= 15 is 0 Å². The Kier molecular flexibility index (Phi) is 6.50. The number of carbonyl (C=O) groups excluding carboxylic acids is 1. The normalized spacial score (nSPS) is 18.9. The van der Waals surface area contributed by atoms with E-state index in [0.717, 1.165) is 17.7 Å². The summed E-state index contributed by atoms with van der Waals surface area (Å²) in [5.74, 6) is 0.521. The number of hydrogen-bond acceptors (Lipinski definition) is 4. The SMILES string of the molecule is CCS(=O)(=O)N[C@@H]1CCCN(C(=O)CSc2ccc(C)cc2)C1. The first-order chi connectivity index (χ1) is 10.9. The lowest BCUT2D eigenvalue weighted by Gasteiger charge is -2.33. The Morgan fingerprint density at radius 2 is 2.04 bits per heavy atom. The highest BCUT2D eigenvalue weighted by Gasteiger charge is 2.26. The quantitative estimate of drug-likeness (QED) is 0.792. The zero-order chi connectivity index (χ0) is 16.9.